The summed E-state index contributed by atoms with van der Waals surface area (Å²) in [6.45, 7) is 11.8. The molecule has 0 aromatic heterocycles. The minimum atomic E-state index is 0.316. The first-order valence-corrected chi connectivity index (χ1v) is 7.26. The summed E-state index contributed by atoms with van der Waals surface area (Å²) in [5, 5.41) is 0. The quantitative estimate of drug-likeness (QED) is 0.737. The van der Waals surface area contributed by atoms with Crippen LogP contribution in [-0.4, -0.2) is 26.4 Å². The zero-order valence-electron chi connectivity index (χ0n) is 12.4. The maximum absolute atomic E-state index is 5.84. The molecule has 1 aliphatic carbocycles. The third-order valence-electron chi connectivity index (χ3n) is 3.62. The van der Waals surface area contributed by atoms with E-state index in [2.05, 4.69) is 32.1 Å². The SMILES string of the molecule is CC.CCC1(COCC2=CC=CC(C)C2)COC1. The third kappa shape index (κ3) is 4.25. The average molecular weight is 252 g/mol. The molecule has 18 heavy (non-hydrogen) atoms. The Morgan fingerprint density at radius 1 is 1.39 bits per heavy atom. The molecule has 2 rings (SSSR count). The van der Waals surface area contributed by atoms with Crippen LogP contribution in [0, 0.1) is 11.3 Å². The Morgan fingerprint density at radius 2 is 2.11 bits per heavy atom. The van der Waals surface area contributed by atoms with E-state index in [-0.39, 0.29) is 0 Å². The van der Waals surface area contributed by atoms with Crippen molar-refractivity contribution in [3.63, 3.8) is 0 Å². The minimum Gasteiger partial charge on any atom is -0.380 e. The van der Waals surface area contributed by atoms with Gasteiger partial charge >= 0.3 is 0 Å². The highest BCUT2D eigenvalue weighted by molar-refractivity contribution is 5.19. The first-order chi connectivity index (χ1) is 8.74. The van der Waals surface area contributed by atoms with Gasteiger partial charge in [-0.25, -0.2) is 0 Å². The Labute approximate surface area is 112 Å². The van der Waals surface area contributed by atoms with Gasteiger partial charge in [-0.2, -0.15) is 0 Å². The van der Waals surface area contributed by atoms with Crippen LogP contribution in [0.25, 0.3) is 0 Å². The smallest absolute Gasteiger partial charge is 0.0680 e. The Hall–Kier alpha value is -0.600. The van der Waals surface area contributed by atoms with Crippen molar-refractivity contribution in [1.82, 2.24) is 0 Å². The largest absolute Gasteiger partial charge is 0.380 e. The molecule has 0 amide bonds. The van der Waals surface area contributed by atoms with Crippen LogP contribution in [0.3, 0.4) is 0 Å². The second-order valence-electron chi connectivity index (χ2n) is 5.23. The second-order valence-corrected chi connectivity index (χ2v) is 5.23. The van der Waals surface area contributed by atoms with Crippen molar-refractivity contribution in [3.05, 3.63) is 23.8 Å². The highest BCUT2D eigenvalue weighted by Crippen LogP contribution is 2.31. The van der Waals surface area contributed by atoms with Crippen LogP contribution < -0.4 is 0 Å². The predicted octanol–water partition coefficient (Wildman–Crippen LogP) is 3.98. The van der Waals surface area contributed by atoms with Crippen LogP contribution in [0.4, 0.5) is 0 Å². The van der Waals surface area contributed by atoms with Crippen molar-refractivity contribution < 1.29 is 9.47 Å². The summed E-state index contributed by atoms with van der Waals surface area (Å²) in [4.78, 5) is 0. The van der Waals surface area contributed by atoms with E-state index in [1.165, 1.54) is 5.57 Å². The summed E-state index contributed by atoms with van der Waals surface area (Å²) in [5.74, 6) is 0.663. The van der Waals surface area contributed by atoms with Gasteiger partial charge in [-0.05, 0) is 24.3 Å². The molecule has 0 aromatic rings. The maximum atomic E-state index is 5.84. The lowest BCUT2D eigenvalue weighted by Gasteiger charge is -2.40. The van der Waals surface area contributed by atoms with Gasteiger partial charge in [-0.3, -0.25) is 0 Å². The molecule has 2 aliphatic rings. The molecule has 1 heterocycles. The third-order valence-corrected chi connectivity index (χ3v) is 3.62. The van der Waals surface area contributed by atoms with Crippen LogP contribution >= 0.6 is 0 Å². The molecule has 1 fully saturated rings. The normalized spacial score (nSPS) is 24.7. The van der Waals surface area contributed by atoms with E-state index in [1.807, 2.05) is 13.8 Å². The van der Waals surface area contributed by atoms with Gasteiger partial charge in [-0.15, -0.1) is 0 Å². The van der Waals surface area contributed by atoms with Crippen LogP contribution in [0.2, 0.25) is 0 Å². The van der Waals surface area contributed by atoms with Gasteiger partial charge in [0.15, 0.2) is 0 Å². The van der Waals surface area contributed by atoms with Gasteiger partial charge in [0.25, 0.3) is 0 Å². The highest BCUT2D eigenvalue weighted by Gasteiger charge is 2.36. The number of hydrogen-bond donors (Lipinski definition) is 0. The Bertz CT molecular complexity index is 282. The predicted molar refractivity (Wildman–Crippen MR) is 76.7 cm³/mol. The van der Waals surface area contributed by atoms with E-state index in [0.717, 1.165) is 39.3 Å². The van der Waals surface area contributed by atoms with E-state index in [4.69, 9.17) is 9.47 Å². The van der Waals surface area contributed by atoms with Crippen molar-refractivity contribution in [3.8, 4) is 0 Å². The molecule has 1 aliphatic heterocycles. The summed E-state index contributed by atoms with van der Waals surface area (Å²) in [5.41, 5.74) is 1.73. The molecule has 0 spiro atoms. The molecule has 2 nitrogen and oxygen atoms in total. The molecular weight excluding hydrogens is 224 g/mol. The summed E-state index contributed by atoms with van der Waals surface area (Å²) < 4.78 is 11.1. The minimum absolute atomic E-state index is 0.316. The van der Waals surface area contributed by atoms with Gasteiger partial charge in [0.1, 0.15) is 0 Å². The van der Waals surface area contributed by atoms with Crippen molar-refractivity contribution in [2.75, 3.05) is 26.4 Å². The lowest BCUT2D eigenvalue weighted by Crippen LogP contribution is -2.45. The van der Waals surface area contributed by atoms with Crippen LogP contribution in [-0.2, 0) is 9.47 Å². The van der Waals surface area contributed by atoms with Gasteiger partial charge in [-0.1, -0.05) is 45.9 Å². The van der Waals surface area contributed by atoms with Crippen LogP contribution in [0.15, 0.2) is 23.8 Å². The lowest BCUT2D eigenvalue weighted by atomic mass is 9.84. The fourth-order valence-corrected chi connectivity index (χ4v) is 2.22. The van der Waals surface area contributed by atoms with Crippen molar-refractivity contribution in [2.24, 2.45) is 11.3 Å². The topological polar surface area (TPSA) is 18.5 Å². The van der Waals surface area contributed by atoms with Crippen LogP contribution in [0.5, 0.6) is 0 Å². The van der Waals surface area contributed by atoms with Gasteiger partial charge in [0.2, 0.25) is 0 Å². The molecule has 0 aromatic carbocycles. The van der Waals surface area contributed by atoms with Crippen molar-refractivity contribution in [2.45, 2.75) is 40.5 Å². The summed E-state index contributed by atoms with van der Waals surface area (Å²) in [6.07, 6.45) is 8.89. The van der Waals surface area contributed by atoms with E-state index in [0.29, 0.717) is 11.3 Å². The number of allylic oxidation sites excluding steroid dienone is 3. The highest BCUT2D eigenvalue weighted by atomic mass is 16.5. The first-order valence-electron chi connectivity index (χ1n) is 7.26. The van der Waals surface area contributed by atoms with Gasteiger partial charge in [0.05, 0.1) is 26.4 Å². The standard InChI is InChI=1S/C14H22O2.C2H6/c1-3-14(10-16-11-14)9-15-8-13-6-4-5-12(2)7-13;1-2/h4-6,12H,3,7-11H2,1-2H3;1-2H3. The van der Waals surface area contributed by atoms with E-state index < -0.39 is 0 Å². The number of rotatable bonds is 5. The van der Waals surface area contributed by atoms with Crippen molar-refractivity contribution >= 4 is 0 Å². The first kappa shape index (κ1) is 15.5. The summed E-state index contributed by atoms with van der Waals surface area (Å²) >= 11 is 0. The van der Waals surface area contributed by atoms with E-state index in [9.17, 15) is 0 Å². The molecule has 1 atom stereocenters. The molecule has 104 valence electrons. The monoisotopic (exact) mass is 252 g/mol. The molecule has 0 radical (unpaired) electrons. The molecule has 2 heteroatoms. The average Bonchev–Trinajstić information content (AvgIpc) is 2.35. The van der Waals surface area contributed by atoms with E-state index in [1.54, 1.807) is 0 Å². The van der Waals surface area contributed by atoms with Crippen molar-refractivity contribution in [1.29, 1.82) is 0 Å². The molecule has 1 saturated heterocycles. The van der Waals surface area contributed by atoms with Gasteiger partial charge in [0, 0.05) is 5.41 Å². The molecule has 0 saturated carbocycles. The number of ether oxygens (including phenoxy) is 2. The molecule has 1 unspecified atom stereocenters. The lowest BCUT2D eigenvalue weighted by molar-refractivity contribution is -0.148. The van der Waals surface area contributed by atoms with E-state index >= 15 is 0 Å². The zero-order valence-corrected chi connectivity index (χ0v) is 12.4. The molecule has 0 N–H and O–H groups in total. The fraction of sp³-hybridized carbons (Fsp3) is 0.750. The Kier molecular flexibility index (Phi) is 6.66. The summed E-state index contributed by atoms with van der Waals surface area (Å²) in [7, 11) is 0. The zero-order chi connectivity index (χ0) is 13.4. The van der Waals surface area contributed by atoms with Crippen LogP contribution in [0.1, 0.15) is 40.5 Å². The Balaban J connectivity index is 0.000000771. The Morgan fingerprint density at radius 3 is 2.61 bits per heavy atom. The molecular formula is C16H28O2. The second kappa shape index (κ2) is 7.75. The number of hydrogen-bond acceptors (Lipinski definition) is 2. The fourth-order valence-electron chi connectivity index (χ4n) is 2.22. The summed E-state index contributed by atoms with van der Waals surface area (Å²) in [6, 6.07) is 0. The molecule has 0 bridgehead atoms. The van der Waals surface area contributed by atoms with Gasteiger partial charge < -0.3 is 9.47 Å². The maximum Gasteiger partial charge on any atom is 0.0680 e.